The Morgan fingerprint density at radius 3 is 2.52 bits per heavy atom. The van der Waals surface area contributed by atoms with E-state index in [0.29, 0.717) is 57.0 Å². The first-order chi connectivity index (χ1) is 15.0. The molecule has 1 aromatic heterocycles. The highest BCUT2D eigenvalue weighted by Gasteiger charge is 2.34. The molecule has 0 radical (unpaired) electrons. The minimum atomic E-state index is -0.682. The van der Waals surface area contributed by atoms with Gasteiger partial charge in [0.2, 0.25) is 5.95 Å². The Kier molecular flexibility index (Phi) is 4.84. The second kappa shape index (κ2) is 7.68. The Morgan fingerprint density at radius 2 is 1.77 bits per heavy atom. The minimum Gasteiger partial charge on any atom is -0.337 e. The Morgan fingerprint density at radius 1 is 1.03 bits per heavy atom. The third kappa shape index (κ3) is 3.73. The first kappa shape index (κ1) is 19.5. The number of halogens is 2. The van der Waals surface area contributed by atoms with Crippen molar-refractivity contribution < 1.29 is 18.4 Å². The lowest BCUT2D eigenvalue weighted by Gasteiger charge is -2.37. The molecular formula is C21H20F2N6O2. The molecule has 3 aliphatic rings. The number of rotatable bonds is 2. The van der Waals surface area contributed by atoms with E-state index in [4.69, 9.17) is 0 Å². The standard InChI is InChI=1S/C21H20F2N6O2/c22-15-7-13(8-16(23)10-15)19-1-2-25-29(19)21(31)28-5-3-27(4-6-28)20-24-12-14-9-17(30)11-18(14)26-20/h2,7-8,10,12,19H,1,3-6,9,11H2/t19-/m0/s1. The number of hydrazone groups is 1. The van der Waals surface area contributed by atoms with Crippen molar-refractivity contribution in [2.24, 2.45) is 5.10 Å². The Balaban J connectivity index is 1.25. The maximum atomic E-state index is 13.6. The van der Waals surface area contributed by atoms with Gasteiger partial charge in [0.15, 0.2) is 0 Å². The second-order valence-corrected chi connectivity index (χ2v) is 7.89. The van der Waals surface area contributed by atoms with Gasteiger partial charge >= 0.3 is 6.03 Å². The van der Waals surface area contributed by atoms with E-state index in [-0.39, 0.29) is 11.8 Å². The molecule has 0 saturated carbocycles. The van der Waals surface area contributed by atoms with Crippen molar-refractivity contribution in [1.82, 2.24) is 19.9 Å². The van der Waals surface area contributed by atoms with Crippen molar-refractivity contribution >= 4 is 24.0 Å². The average molecular weight is 426 g/mol. The Hall–Kier alpha value is -3.43. The van der Waals surface area contributed by atoms with E-state index >= 15 is 0 Å². The summed E-state index contributed by atoms with van der Waals surface area (Å²) >= 11 is 0. The van der Waals surface area contributed by atoms with Gasteiger partial charge in [-0.05, 0) is 23.3 Å². The number of urea groups is 1. The maximum absolute atomic E-state index is 13.6. The van der Waals surface area contributed by atoms with Gasteiger partial charge in [-0.15, -0.1) is 0 Å². The van der Waals surface area contributed by atoms with Crippen LogP contribution in [-0.2, 0) is 17.6 Å². The summed E-state index contributed by atoms with van der Waals surface area (Å²) in [4.78, 5) is 37.2. The molecule has 1 fully saturated rings. The number of carbonyl (C=O) groups excluding carboxylic acids is 2. The van der Waals surface area contributed by atoms with Gasteiger partial charge in [0.05, 0.1) is 11.7 Å². The number of anilines is 1. The van der Waals surface area contributed by atoms with Gasteiger partial charge in [-0.25, -0.2) is 28.6 Å². The fourth-order valence-electron chi connectivity index (χ4n) is 4.23. The van der Waals surface area contributed by atoms with E-state index in [9.17, 15) is 18.4 Å². The Bertz CT molecular complexity index is 1060. The van der Waals surface area contributed by atoms with E-state index in [1.165, 1.54) is 17.1 Å². The third-order valence-corrected chi connectivity index (χ3v) is 5.82. The van der Waals surface area contributed by atoms with Crippen LogP contribution >= 0.6 is 0 Å². The molecule has 1 aliphatic carbocycles. The van der Waals surface area contributed by atoms with E-state index in [1.54, 1.807) is 17.3 Å². The molecule has 0 N–H and O–H groups in total. The van der Waals surface area contributed by atoms with Gasteiger partial charge in [0, 0.05) is 63.9 Å². The number of amides is 2. The topological polar surface area (TPSA) is 82.0 Å². The number of Topliss-reactive ketones (excluding diaryl/α,β-unsaturated/α-hetero) is 1. The highest BCUT2D eigenvalue weighted by Crippen LogP contribution is 2.30. The summed E-state index contributed by atoms with van der Waals surface area (Å²) < 4.78 is 27.3. The fourth-order valence-corrected chi connectivity index (χ4v) is 4.23. The zero-order valence-electron chi connectivity index (χ0n) is 16.7. The quantitative estimate of drug-likeness (QED) is 0.735. The molecule has 1 atom stereocenters. The van der Waals surface area contributed by atoms with Crippen LogP contribution in [0.2, 0.25) is 0 Å². The number of ketones is 1. The van der Waals surface area contributed by atoms with E-state index in [0.717, 1.165) is 17.3 Å². The minimum absolute atomic E-state index is 0.149. The summed E-state index contributed by atoms with van der Waals surface area (Å²) in [5.41, 5.74) is 2.04. The number of nitrogens with zero attached hydrogens (tertiary/aromatic N) is 6. The van der Waals surface area contributed by atoms with Crippen LogP contribution in [0.3, 0.4) is 0 Å². The summed E-state index contributed by atoms with van der Waals surface area (Å²) in [5, 5.41) is 5.45. The molecule has 3 heterocycles. The van der Waals surface area contributed by atoms with Gasteiger partial charge in [0.25, 0.3) is 0 Å². The number of carbonyl (C=O) groups is 2. The Labute approximate surface area is 177 Å². The summed E-state index contributed by atoms with van der Waals surface area (Å²) in [6, 6.07) is 2.44. The van der Waals surface area contributed by atoms with Crippen LogP contribution < -0.4 is 4.90 Å². The molecule has 0 bridgehead atoms. The molecule has 0 unspecified atom stereocenters. The van der Waals surface area contributed by atoms with Gasteiger partial charge in [-0.3, -0.25) is 4.79 Å². The zero-order chi connectivity index (χ0) is 21.5. The molecule has 2 aliphatic heterocycles. The van der Waals surface area contributed by atoms with Crippen LogP contribution in [-0.4, -0.2) is 64.1 Å². The fraction of sp³-hybridized carbons (Fsp3) is 0.381. The smallest absolute Gasteiger partial charge is 0.337 e. The first-order valence-corrected chi connectivity index (χ1v) is 10.2. The average Bonchev–Trinajstić information content (AvgIpc) is 3.38. The predicted molar refractivity (Wildman–Crippen MR) is 108 cm³/mol. The van der Waals surface area contributed by atoms with Crippen molar-refractivity contribution in [3.05, 3.63) is 52.9 Å². The molecular weight excluding hydrogens is 406 g/mol. The van der Waals surface area contributed by atoms with E-state index in [1.807, 2.05) is 4.90 Å². The number of aromatic nitrogens is 2. The SMILES string of the molecule is O=C1Cc2cnc(N3CCN(C(=O)N4N=CC[C@H]4c4cc(F)cc(F)c4)CC3)nc2C1. The maximum Gasteiger partial charge on any atom is 0.341 e. The second-order valence-electron chi connectivity index (χ2n) is 7.89. The molecule has 1 aromatic carbocycles. The molecule has 1 saturated heterocycles. The number of piperazine rings is 1. The van der Waals surface area contributed by atoms with Crippen LogP contribution in [0, 0.1) is 11.6 Å². The number of fused-ring (bicyclic) bond motifs is 1. The van der Waals surface area contributed by atoms with Crippen LogP contribution in [0.4, 0.5) is 19.5 Å². The summed E-state index contributed by atoms with van der Waals surface area (Å²) in [7, 11) is 0. The van der Waals surface area contributed by atoms with Gasteiger partial charge in [0.1, 0.15) is 17.4 Å². The van der Waals surface area contributed by atoms with Crippen molar-refractivity contribution in [2.45, 2.75) is 25.3 Å². The highest BCUT2D eigenvalue weighted by molar-refractivity contribution is 5.87. The largest absolute Gasteiger partial charge is 0.341 e. The monoisotopic (exact) mass is 426 g/mol. The van der Waals surface area contributed by atoms with Crippen molar-refractivity contribution in [2.75, 3.05) is 31.1 Å². The van der Waals surface area contributed by atoms with Crippen LogP contribution in [0.1, 0.15) is 29.3 Å². The molecule has 2 aromatic rings. The lowest BCUT2D eigenvalue weighted by molar-refractivity contribution is -0.117. The molecule has 31 heavy (non-hydrogen) atoms. The molecule has 5 rings (SSSR count). The van der Waals surface area contributed by atoms with Crippen molar-refractivity contribution in [1.29, 1.82) is 0 Å². The summed E-state index contributed by atoms with van der Waals surface area (Å²) in [6.45, 7) is 1.95. The summed E-state index contributed by atoms with van der Waals surface area (Å²) in [6.07, 6.45) is 4.43. The lowest BCUT2D eigenvalue weighted by atomic mass is 10.0. The molecule has 0 spiro atoms. The molecule has 10 heteroatoms. The van der Waals surface area contributed by atoms with Gasteiger partial charge < -0.3 is 9.80 Å². The molecule has 2 amide bonds. The van der Waals surface area contributed by atoms with Crippen LogP contribution in [0.15, 0.2) is 29.5 Å². The third-order valence-electron chi connectivity index (χ3n) is 5.82. The van der Waals surface area contributed by atoms with Crippen LogP contribution in [0.25, 0.3) is 0 Å². The number of hydrogen-bond acceptors (Lipinski definition) is 6. The number of benzene rings is 1. The van der Waals surface area contributed by atoms with Crippen molar-refractivity contribution in [3.8, 4) is 0 Å². The predicted octanol–water partition coefficient (Wildman–Crippen LogP) is 2.10. The first-order valence-electron chi connectivity index (χ1n) is 10.2. The van der Waals surface area contributed by atoms with Crippen molar-refractivity contribution in [3.63, 3.8) is 0 Å². The van der Waals surface area contributed by atoms with Gasteiger partial charge in [-0.2, -0.15) is 5.10 Å². The van der Waals surface area contributed by atoms with Crippen LogP contribution in [0.5, 0.6) is 0 Å². The zero-order valence-corrected chi connectivity index (χ0v) is 16.7. The van der Waals surface area contributed by atoms with E-state index < -0.39 is 17.7 Å². The normalized spacial score (nSPS) is 20.5. The lowest BCUT2D eigenvalue weighted by Crippen LogP contribution is -2.52. The molecule has 8 nitrogen and oxygen atoms in total. The highest BCUT2D eigenvalue weighted by atomic mass is 19.1. The molecule has 160 valence electrons. The van der Waals surface area contributed by atoms with E-state index in [2.05, 4.69) is 15.1 Å². The van der Waals surface area contributed by atoms with Gasteiger partial charge in [-0.1, -0.05) is 0 Å². The summed E-state index contributed by atoms with van der Waals surface area (Å²) in [5.74, 6) is -0.651. The number of hydrogen-bond donors (Lipinski definition) is 0.